The number of methoxy groups -OCH3 is 1. The molecule has 0 radical (unpaired) electrons. The maximum absolute atomic E-state index is 12.1. The van der Waals surface area contributed by atoms with Crippen molar-refractivity contribution >= 4 is 22.9 Å². The fourth-order valence-corrected chi connectivity index (χ4v) is 2.56. The molecule has 6 heteroatoms. The number of thiazole rings is 1. The lowest BCUT2D eigenvalue weighted by atomic mass is 10.2. The topological polar surface area (TPSA) is 77.2 Å². The van der Waals surface area contributed by atoms with Crippen LogP contribution in [0.5, 0.6) is 0 Å². The van der Waals surface area contributed by atoms with E-state index in [1.54, 1.807) is 12.5 Å². The molecular formula is C14H17N3O2S. The maximum atomic E-state index is 12.1. The number of para-hydroxylation sites is 1. The number of hydrogen-bond acceptors (Lipinski definition) is 5. The molecule has 2 aromatic rings. The van der Waals surface area contributed by atoms with E-state index in [0.29, 0.717) is 25.3 Å². The van der Waals surface area contributed by atoms with Crippen LogP contribution in [-0.4, -0.2) is 24.5 Å². The average Bonchev–Trinajstić information content (AvgIpc) is 2.90. The van der Waals surface area contributed by atoms with Crippen LogP contribution in [0.25, 0.3) is 0 Å². The predicted molar refractivity (Wildman–Crippen MR) is 80.0 cm³/mol. The van der Waals surface area contributed by atoms with Crippen LogP contribution < -0.4 is 11.1 Å². The monoisotopic (exact) mass is 291 g/mol. The number of amides is 1. The minimum atomic E-state index is -0.215. The standard InChI is InChI=1S/C14H17N3O2S/c1-19-8-10-4-2-3-5-11(10)17-14(18)12-9-20-13(16-12)6-7-15/h2-5,9H,6-8,15H2,1H3,(H,17,18). The van der Waals surface area contributed by atoms with Gasteiger partial charge in [0.1, 0.15) is 5.69 Å². The number of anilines is 1. The number of nitrogens with two attached hydrogens (primary N) is 1. The van der Waals surface area contributed by atoms with Crippen molar-refractivity contribution in [3.63, 3.8) is 0 Å². The van der Waals surface area contributed by atoms with Crippen LogP contribution in [-0.2, 0) is 17.8 Å². The molecule has 0 spiro atoms. The summed E-state index contributed by atoms with van der Waals surface area (Å²) in [6, 6.07) is 7.54. The summed E-state index contributed by atoms with van der Waals surface area (Å²) >= 11 is 1.45. The Morgan fingerprint density at radius 3 is 3.00 bits per heavy atom. The Morgan fingerprint density at radius 1 is 1.45 bits per heavy atom. The van der Waals surface area contributed by atoms with Gasteiger partial charge < -0.3 is 15.8 Å². The van der Waals surface area contributed by atoms with Crippen molar-refractivity contribution in [2.24, 2.45) is 5.73 Å². The quantitative estimate of drug-likeness (QED) is 0.854. The second-order valence-corrected chi connectivity index (χ2v) is 5.15. The maximum Gasteiger partial charge on any atom is 0.275 e. The van der Waals surface area contributed by atoms with Crippen LogP contribution in [0.15, 0.2) is 29.6 Å². The SMILES string of the molecule is COCc1ccccc1NC(=O)c1csc(CCN)n1. The van der Waals surface area contributed by atoms with Gasteiger partial charge >= 0.3 is 0 Å². The number of carbonyl (C=O) groups excluding carboxylic acids is 1. The summed E-state index contributed by atoms with van der Waals surface area (Å²) < 4.78 is 5.11. The Bertz CT molecular complexity index is 583. The molecule has 0 bridgehead atoms. The summed E-state index contributed by atoms with van der Waals surface area (Å²) in [4.78, 5) is 16.4. The second-order valence-electron chi connectivity index (χ2n) is 4.21. The van der Waals surface area contributed by atoms with Crippen LogP contribution >= 0.6 is 11.3 Å². The Hall–Kier alpha value is -1.76. The first kappa shape index (κ1) is 14.6. The normalized spacial score (nSPS) is 10.5. The first-order valence-electron chi connectivity index (χ1n) is 6.27. The molecule has 0 aliphatic rings. The number of ether oxygens (including phenoxy) is 1. The number of aromatic nitrogens is 1. The Morgan fingerprint density at radius 2 is 2.25 bits per heavy atom. The number of carbonyl (C=O) groups is 1. The second kappa shape index (κ2) is 7.14. The van der Waals surface area contributed by atoms with E-state index in [1.807, 2.05) is 24.3 Å². The van der Waals surface area contributed by atoms with Gasteiger partial charge in [0.2, 0.25) is 0 Å². The molecule has 0 saturated carbocycles. The molecule has 0 atom stereocenters. The van der Waals surface area contributed by atoms with Crippen LogP contribution in [0.4, 0.5) is 5.69 Å². The third kappa shape index (κ3) is 3.63. The molecule has 0 saturated heterocycles. The first-order chi connectivity index (χ1) is 9.74. The molecular weight excluding hydrogens is 274 g/mol. The van der Waals surface area contributed by atoms with E-state index in [4.69, 9.17) is 10.5 Å². The number of hydrogen-bond donors (Lipinski definition) is 2. The zero-order chi connectivity index (χ0) is 14.4. The lowest BCUT2D eigenvalue weighted by Crippen LogP contribution is -2.14. The van der Waals surface area contributed by atoms with Gasteiger partial charge in [-0.2, -0.15) is 0 Å². The summed E-state index contributed by atoms with van der Waals surface area (Å²) in [7, 11) is 1.62. The highest BCUT2D eigenvalue weighted by Crippen LogP contribution is 2.18. The molecule has 20 heavy (non-hydrogen) atoms. The van der Waals surface area contributed by atoms with E-state index < -0.39 is 0 Å². The van der Waals surface area contributed by atoms with Gasteiger partial charge in [-0.3, -0.25) is 4.79 Å². The van der Waals surface area contributed by atoms with Crippen LogP contribution in [0, 0.1) is 0 Å². The van der Waals surface area contributed by atoms with Crippen molar-refractivity contribution in [2.45, 2.75) is 13.0 Å². The summed E-state index contributed by atoms with van der Waals surface area (Å²) in [6.45, 7) is 0.983. The molecule has 1 heterocycles. The predicted octanol–water partition coefficient (Wildman–Crippen LogP) is 2.04. The zero-order valence-corrected chi connectivity index (χ0v) is 12.1. The number of benzene rings is 1. The van der Waals surface area contributed by atoms with Gasteiger partial charge in [-0.1, -0.05) is 18.2 Å². The van der Waals surface area contributed by atoms with Crippen molar-refractivity contribution in [1.82, 2.24) is 4.98 Å². The van der Waals surface area contributed by atoms with Gasteiger partial charge in [-0.25, -0.2) is 4.98 Å². The highest BCUT2D eigenvalue weighted by molar-refractivity contribution is 7.09. The molecule has 1 aromatic heterocycles. The van der Waals surface area contributed by atoms with E-state index >= 15 is 0 Å². The van der Waals surface area contributed by atoms with Crippen molar-refractivity contribution in [2.75, 3.05) is 19.0 Å². The minimum Gasteiger partial charge on any atom is -0.380 e. The molecule has 106 valence electrons. The summed E-state index contributed by atoms with van der Waals surface area (Å²) in [5, 5.41) is 5.49. The Labute approximate surface area is 121 Å². The minimum absolute atomic E-state index is 0.215. The van der Waals surface area contributed by atoms with Crippen molar-refractivity contribution in [1.29, 1.82) is 0 Å². The molecule has 1 amide bonds. The highest BCUT2D eigenvalue weighted by Gasteiger charge is 2.12. The molecule has 1 aromatic carbocycles. The van der Waals surface area contributed by atoms with Gasteiger partial charge in [-0.15, -0.1) is 11.3 Å². The highest BCUT2D eigenvalue weighted by atomic mass is 32.1. The van der Waals surface area contributed by atoms with Crippen molar-refractivity contribution < 1.29 is 9.53 Å². The molecule has 0 unspecified atom stereocenters. The molecule has 0 aliphatic heterocycles. The fourth-order valence-electron chi connectivity index (χ4n) is 1.76. The van der Waals surface area contributed by atoms with E-state index in [-0.39, 0.29) is 5.91 Å². The Balaban J connectivity index is 2.10. The average molecular weight is 291 g/mol. The number of nitrogens with one attached hydrogen (secondary N) is 1. The van der Waals surface area contributed by atoms with Gasteiger partial charge in [0.15, 0.2) is 0 Å². The van der Waals surface area contributed by atoms with Gasteiger partial charge in [-0.05, 0) is 12.6 Å². The van der Waals surface area contributed by atoms with Crippen LogP contribution in [0.1, 0.15) is 21.1 Å². The molecule has 0 fully saturated rings. The Kier molecular flexibility index (Phi) is 5.23. The number of rotatable bonds is 6. The van der Waals surface area contributed by atoms with Gasteiger partial charge in [0.25, 0.3) is 5.91 Å². The molecule has 2 rings (SSSR count). The fraction of sp³-hybridized carbons (Fsp3) is 0.286. The van der Waals surface area contributed by atoms with E-state index in [1.165, 1.54) is 11.3 Å². The third-order valence-corrected chi connectivity index (χ3v) is 3.62. The zero-order valence-electron chi connectivity index (χ0n) is 11.3. The van der Waals surface area contributed by atoms with Crippen LogP contribution in [0.2, 0.25) is 0 Å². The molecule has 5 nitrogen and oxygen atoms in total. The smallest absolute Gasteiger partial charge is 0.275 e. The largest absolute Gasteiger partial charge is 0.380 e. The van der Waals surface area contributed by atoms with Gasteiger partial charge in [0.05, 0.1) is 11.6 Å². The summed E-state index contributed by atoms with van der Waals surface area (Å²) in [5.74, 6) is -0.215. The third-order valence-electron chi connectivity index (χ3n) is 2.71. The van der Waals surface area contributed by atoms with E-state index in [9.17, 15) is 4.79 Å². The molecule has 0 aliphatic carbocycles. The molecule has 3 N–H and O–H groups in total. The van der Waals surface area contributed by atoms with E-state index in [2.05, 4.69) is 10.3 Å². The lowest BCUT2D eigenvalue weighted by Gasteiger charge is -2.09. The number of nitrogens with zero attached hydrogens (tertiary/aromatic N) is 1. The van der Waals surface area contributed by atoms with Gasteiger partial charge in [0, 0.05) is 30.2 Å². The van der Waals surface area contributed by atoms with Crippen molar-refractivity contribution in [3.8, 4) is 0 Å². The first-order valence-corrected chi connectivity index (χ1v) is 7.15. The van der Waals surface area contributed by atoms with Crippen LogP contribution in [0.3, 0.4) is 0 Å². The van der Waals surface area contributed by atoms with Crippen molar-refractivity contribution in [3.05, 3.63) is 45.9 Å². The lowest BCUT2D eigenvalue weighted by molar-refractivity contribution is 0.102. The van der Waals surface area contributed by atoms with E-state index in [0.717, 1.165) is 16.3 Å². The summed E-state index contributed by atoms with van der Waals surface area (Å²) in [6.07, 6.45) is 0.693. The summed E-state index contributed by atoms with van der Waals surface area (Å²) in [5.41, 5.74) is 7.57.